The molecule has 1 aliphatic rings. The number of imide groups is 1. The summed E-state index contributed by atoms with van der Waals surface area (Å²) in [4.78, 5) is 47.6. The maximum Gasteiger partial charge on any atom is 0.387 e. The van der Waals surface area contributed by atoms with Gasteiger partial charge < -0.3 is 24.8 Å². The van der Waals surface area contributed by atoms with E-state index < -0.39 is 43.6 Å². The summed E-state index contributed by atoms with van der Waals surface area (Å²) in [6.45, 7) is -3.75. The first-order valence-electron chi connectivity index (χ1n) is 7.96. The van der Waals surface area contributed by atoms with Crippen molar-refractivity contribution in [2.45, 2.75) is 6.61 Å². The molecule has 0 unspecified atom stereocenters. The summed E-state index contributed by atoms with van der Waals surface area (Å²) in [6, 6.07) is 2.92. The van der Waals surface area contributed by atoms with Crippen molar-refractivity contribution in [3.63, 3.8) is 0 Å². The highest BCUT2D eigenvalue weighted by Crippen LogP contribution is 2.29. The average Bonchev–Trinajstić information content (AvgIpc) is 3.10. The number of alkyl halides is 2. The zero-order chi connectivity index (χ0) is 20.7. The molecule has 0 atom stereocenters. The van der Waals surface area contributed by atoms with E-state index in [1.165, 1.54) is 13.2 Å². The average molecular weight is 401 g/mol. The number of esters is 1. The molecule has 28 heavy (non-hydrogen) atoms. The number of amides is 4. The van der Waals surface area contributed by atoms with Gasteiger partial charge in [0, 0.05) is 18.7 Å². The van der Waals surface area contributed by atoms with Crippen molar-refractivity contribution >= 4 is 23.8 Å². The molecule has 0 saturated carbocycles. The lowest BCUT2D eigenvalue weighted by molar-refractivity contribution is -0.149. The summed E-state index contributed by atoms with van der Waals surface area (Å²) in [6.07, 6.45) is 0. The maximum atomic E-state index is 12.3. The van der Waals surface area contributed by atoms with E-state index in [0.29, 0.717) is 6.54 Å². The third-order valence-corrected chi connectivity index (χ3v) is 3.55. The molecule has 0 radical (unpaired) electrons. The van der Waals surface area contributed by atoms with Gasteiger partial charge in [-0.1, -0.05) is 0 Å². The molecule has 1 aromatic rings. The second-order valence-corrected chi connectivity index (χ2v) is 5.36. The Kier molecular flexibility index (Phi) is 7.07. The number of rotatable bonds is 8. The highest BCUT2D eigenvalue weighted by atomic mass is 19.3. The van der Waals surface area contributed by atoms with Crippen LogP contribution in [0.15, 0.2) is 18.2 Å². The van der Waals surface area contributed by atoms with E-state index in [0.717, 1.165) is 17.0 Å². The van der Waals surface area contributed by atoms with E-state index in [2.05, 4.69) is 15.4 Å². The van der Waals surface area contributed by atoms with Gasteiger partial charge in [0.25, 0.3) is 11.8 Å². The number of methoxy groups -OCH3 is 1. The number of benzene rings is 1. The van der Waals surface area contributed by atoms with Gasteiger partial charge in [-0.05, 0) is 18.2 Å². The molecule has 0 bridgehead atoms. The van der Waals surface area contributed by atoms with E-state index in [1.54, 1.807) is 0 Å². The lowest BCUT2D eigenvalue weighted by Gasteiger charge is -2.13. The SMILES string of the molecule is COc1cc(C(=O)NCC(=O)OCC(=O)N2CCNC2=O)ccc1OC(F)F. The molecular formula is C16H17F2N3O7. The number of carbonyl (C=O) groups excluding carboxylic acids is 4. The van der Waals surface area contributed by atoms with Crippen LogP contribution in [0.1, 0.15) is 10.4 Å². The normalized spacial score (nSPS) is 13.1. The fraction of sp³-hybridized carbons (Fsp3) is 0.375. The van der Waals surface area contributed by atoms with Crippen LogP contribution in [0.5, 0.6) is 11.5 Å². The van der Waals surface area contributed by atoms with Crippen LogP contribution >= 0.6 is 0 Å². The van der Waals surface area contributed by atoms with Crippen molar-refractivity contribution < 1.29 is 42.2 Å². The summed E-state index contributed by atoms with van der Waals surface area (Å²) in [5.41, 5.74) is 0.0241. The number of nitrogens with zero attached hydrogens (tertiary/aromatic N) is 1. The van der Waals surface area contributed by atoms with Crippen LogP contribution in [0.2, 0.25) is 0 Å². The van der Waals surface area contributed by atoms with E-state index >= 15 is 0 Å². The highest BCUT2D eigenvalue weighted by molar-refractivity contribution is 5.98. The molecule has 1 fully saturated rings. The summed E-state index contributed by atoms with van der Waals surface area (Å²) in [5.74, 6) is -2.63. The minimum Gasteiger partial charge on any atom is -0.493 e. The van der Waals surface area contributed by atoms with Crippen molar-refractivity contribution in [1.82, 2.24) is 15.5 Å². The third kappa shape index (κ3) is 5.53. The Hall–Kier alpha value is -3.44. The summed E-state index contributed by atoms with van der Waals surface area (Å²) >= 11 is 0. The summed E-state index contributed by atoms with van der Waals surface area (Å²) in [7, 11) is 1.21. The van der Waals surface area contributed by atoms with Gasteiger partial charge in [0.05, 0.1) is 7.11 Å². The quantitative estimate of drug-likeness (QED) is 0.593. The van der Waals surface area contributed by atoms with Gasteiger partial charge in [0.15, 0.2) is 18.1 Å². The van der Waals surface area contributed by atoms with Crippen LogP contribution in [0.25, 0.3) is 0 Å². The number of hydrogen-bond acceptors (Lipinski definition) is 7. The molecule has 2 N–H and O–H groups in total. The number of nitrogens with one attached hydrogen (secondary N) is 2. The standard InChI is InChI=1S/C16H17F2N3O7/c1-26-11-6-9(2-3-10(11)28-15(17)18)14(24)20-7-13(23)27-8-12(22)21-5-4-19-16(21)25/h2-3,6,15H,4-5,7-8H2,1H3,(H,19,25)(H,20,24). The van der Waals surface area contributed by atoms with E-state index in [1.807, 2.05) is 0 Å². The van der Waals surface area contributed by atoms with Gasteiger partial charge in [-0.25, -0.2) is 4.79 Å². The van der Waals surface area contributed by atoms with Gasteiger partial charge in [-0.2, -0.15) is 8.78 Å². The summed E-state index contributed by atoms with van der Waals surface area (Å²) in [5, 5.41) is 4.68. The van der Waals surface area contributed by atoms with Gasteiger partial charge >= 0.3 is 18.6 Å². The Morgan fingerprint density at radius 1 is 1.29 bits per heavy atom. The van der Waals surface area contributed by atoms with E-state index in [4.69, 9.17) is 9.47 Å². The Balaban J connectivity index is 1.83. The van der Waals surface area contributed by atoms with Gasteiger partial charge in [0.1, 0.15) is 6.54 Å². The van der Waals surface area contributed by atoms with Gasteiger partial charge in [0.2, 0.25) is 0 Å². The van der Waals surface area contributed by atoms with Crippen LogP contribution in [0.4, 0.5) is 13.6 Å². The summed E-state index contributed by atoms with van der Waals surface area (Å²) < 4.78 is 38.4. The molecule has 12 heteroatoms. The van der Waals surface area contributed by atoms with Crippen LogP contribution < -0.4 is 20.1 Å². The van der Waals surface area contributed by atoms with Crippen molar-refractivity contribution in [1.29, 1.82) is 0 Å². The minimum atomic E-state index is -3.06. The predicted octanol–water partition coefficient (Wildman–Crippen LogP) is 0.121. The predicted molar refractivity (Wildman–Crippen MR) is 88.0 cm³/mol. The molecule has 1 aliphatic heterocycles. The molecule has 152 valence electrons. The third-order valence-electron chi connectivity index (χ3n) is 3.55. The van der Waals surface area contributed by atoms with Gasteiger partial charge in [-0.15, -0.1) is 0 Å². The lowest BCUT2D eigenvalue weighted by Crippen LogP contribution is -2.38. The topological polar surface area (TPSA) is 123 Å². The number of carbonyl (C=O) groups is 4. The van der Waals surface area contributed by atoms with Crippen molar-refractivity contribution in [2.24, 2.45) is 0 Å². The van der Waals surface area contributed by atoms with Crippen LogP contribution in [-0.4, -0.2) is 68.7 Å². The van der Waals surface area contributed by atoms with Crippen LogP contribution in [0.3, 0.4) is 0 Å². The first-order chi connectivity index (χ1) is 13.3. The largest absolute Gasteiger partial charge is 0.493 e. The molecule has 4 amide bonds. The number of ether oxygens (including phenoxy) is 3. The van der Waals surface area contributed by atoms with Gasteiger partial charge in [-0.3, -0.25) is 19.3 Å². The van der Waals surface area contributed by atoms with Crippen molar-refractivity contribution in [3.8, 4) is 11.5 Å². The number of urea groups is 1. The molecule has 1 heterocycles. The highest BCUT2D eigenvalue weighted by Gasteiger charge is 2.26. The van der Waals surface area contributed by atoms with E-state index in [9.17, 15) is 28.0 Å². The first-order valence-corrected chi connectivity index (χ1v) is 7.96. The molecule has 1 aromatic carbocycles. The lowest BCUT2D eigenvalue weighted by atomic mass is 10.2. The molecule has 0 spiro atoms. The Morgan fingerprint density at radius 2 is 2.04 bits per heavy atom. The monoisotopic (exact) mass is 401 g/mol. The smallest absolute Gasteiger partial charge is 0.387 e. The molecule has 1 saturated heterocycles. The molecular weight excluding hydrogens is 384 g/mol. The van der Waals surface area contributed by atoms with E-state index in [-0.39, 0.29) is 23.6 Å². The minimum absolute atomic E-state index is 0.0241. The molecule has 0 aromatic heterocycles. The van der Waals surface area contributed by atoms with Crippen LogP contribution in [0, 0.1) is 0 Å². The Morgan fingerprint density at radius 3 is 2.64 bits per heavy atom. The molecule has 0 aliphatic carbocycles. The zero-order valence-electron chi connectivity index (χ0n) is 14.7. The zero-order valence-corrected chi connectivity index (χ0v) is 14.7. The second kappa shape index (κ2) is 9.48. The Bertz CT molecular complexity index is 773. The Labute approximate surface area is 157 Å². The van der Waals surface area contributed by atoms with Crippen molar-refractivity contribution in [2.75, 3.05) is 33.4 Å². The fourth-order valence-electron chi connectivity index (χ4n) is 2.24. The maximum absolute atomic E-state index is 12.3. The molecule has 2 rings (SSSR count). The van der Waals surface area contributed by atoms with Crippen molar-refractivity contribution in [3.05, 3.63) is 23.8 Å². The second-order valence-electron chi connectivity index (χ2n) is 5.36. The number of halogens is 2. The fourth-order valence-corrected chi connectivity index (χ4v) is 2.24. The first kappa shape index (κ1) is 20.9. The number of hydrogen-bond donors (Lipinski definition) is 2. The molecule has 10 nitrogen and oxygen atoms in total. The van der Waals surface area contributed by atoms with Crippen LogP contribution in [-0.2, 0) is 14.3 Å².